The van der Waals surface area contributed by atoms with Gasteiger partial charge in [0.1, 0.15) is 27.9 Å². The molecule has 10 heteroatoms. The Balaban J connectivity index is 1.98. The van der Waals surface area contributed by atoms with Crippen molar-refractivity contribution in [1.82, 2.24) is 0 Å². The van der Waals surface area contributed by atoms with Crippen LogP contribution in [-0.4, -0.2) is 34.6 Å². The summed E-state index contributed by atoms with van der Waals surface area (Å²) < 4.78 is 77.3. The predicted octanol–water partition coefficient (Wildman–Crippen LogP) is 4.48. The van der Waals surface area contributed by atoms with Crippen molar-refractivity contribution in [3.8, 4) is 0 Å². The molecular formula is C22H23ClF2O5S2. The number of ketones is 1. The largest absolute Gasteiger partial charge is 0.299 e. The zero-order valence-electron chi connectivity index (χ0n) is 17.4. The quantitative estimate of drug-likeness (QED) is 0.555. The number of rotatable bonds is 7. The summed E-state index contributed by atoms with van der Waals surface area (Å²) >= 11 is 5.88. The Hall–Kier alpha value is -1.84. The van der Waals surface area contributed by atoms with Crippen LogP contribution >= 0.6 is 11.6 Å². The molecule has 5 nitrogen and oxygen atoms in total. The van der Waals surface area contributed by atoms with Crippen LogP contribution in [0, 0.1) is 17.6 Å². The number of carbonyl (C=O) groups excluding carboxylic acids is 1. The van der Waals surface area contributed by atoms with Gasteiger partial charge in [0.2, 0.25) is 0 Å². The summed E-state index contributed by atoms with van der Waals surface area (Å²) in [7, 11) is -7.62. The van der Waals surface area contributed by atoms with Gasteiger partial charge in [-0.3, -0.25) is 4.79 Å². The van der Waals surface area contributed by atoms with E-state index in [1.54, 1.807) is 0 Å². The van der Waals surface area contributed by atoms with E-state index in [-0.39, 0.29) is 48.5 Å². The maximum absolute atomic E-state index is 14.8. The van der Waals surface area contributed by atoms with Crippen molar-refractivity contribution in [3.05, 3.63) is 64.7 Å². The van der Waals surface area contributed by atoms with Gasteiger partial charge in [-0.15, -0.1) is 0 Å². The monoisotopic (exact) mass is 504 g/mol. The summed E-state index contributed by atoms with van der Waals surface area (Å²) in [6, 6.07) is 8.25. The van der Waals surface area contributed by atoms with E-state index in [1.165, 1.54) is 24.3 Å². The van der Waals surface area contributed by atoms with Gasteiger partial charge in [-0.05, 0) is 74.1 Å². The molecule has 1 aliphatic carbocycles. The summed E-state index contributed by atoms with van der Waals surface area (Å²) in [6.45, 7) is 0. The Bertz CT molecular complexity index is 1220. The number of sulfone groups is 2. The van der Waals surface area contributed by atoms with Crippen LogP contribution in [0.2, 0.25) is 5.02 Å². The Morgan fingerprint density at radius 1 is 1.03 bits per heavy atom. The van der Waals surface area contributed by atoms with E-state index in [9.17, 15) is 30.4 Å². The summed E-state index contributed by atoms with van der Waals surface area (Å²) in [4.78, 5) is 12.0. The number of hydrogen-bond acceptors (Lipinski definition) is 5. The third kappa shape index (κ3) is 5.21. The van der Waals surface area contributed by atoms with Gasteiger partial charge in [-0.2, -0.15) is 0 Å². The van der Waals surface area contributed by atoms with Gasteiger partial charge >= 0.3 is 0 Å². The molecule has 1 saturated carbocycles. The molecule has 1 fully saturated rings. The minimum atomic E-state index is -4.16. The zero-order chi connectivity index (χ0) is 23.7. The zero-order valence-corrected chi connectivity index (χ0v) is 19.7. The van der Waals surface area contributed by atoms with Gasteiger partial charge < -0.3 is 0 Å². The molecular weight excluding hydrogens is 482 g/mol. The Morgan fingerprint density at radius 3 is 2.19 bits per heavy atom. The number of halogens is 3. The first-order valence-corrected chi connectivity index (χ1v) is 13.9. The Morgan fingerprint density at radius 2 is 1.62 bits per heavy atom. The van der Waals surface area contributed by atoms with Gasteiger partial charge in [0.05, 0.1) is 4.90 Å². The molecule has 0 spiro atoms. The Kier molecular flexibility index (Phi) is 7.12. The fraction of sp³-hybridized carbons (Fsp3) is 0.409. The van der Waals surface area contributed by atoms with Crippen LogP contribution in [0.15, 0.2) is 47.4 Å². The second-order valence-electron chi connectivity index (χ2n) is 8.33. The average Bonchev–Trinajstić information content (AvgIpc) is 2.69. The number of benzene rings is 2. The highest BCUT2D eigenvalue weighted by molar-refractivity contribution is 7.92. The average molecular weight is 505 g/mol. The maximum Gasteiger partial charge on any atom is 0.188 e. The molecule has 0 atom stereocenters. The maximum atomic E-state index is 14.8. The number of carbonyl (C=O) groups is 1. The van der Waals surface area contributed by atoms with Crippen LogP contribution in [0.3, 0.4) is 0 Å². The highest BCUT2D eigenvalue weighted by Gasteiger charge is 2.50. The molecule has 0 unspecified atom stereocenters. The van der Waals surface area contributed by atoms with Crippen molar-refractivity contribution in [3.63, 3.8) is 0 Å². The smallest absolute Gasteiger partial charge is 0.188 e. The first-order chi connectivity index (χ1) is 14.8. The van der Waals surface area contributed by atoms with Crippen LogP contribution in [0.1, 0.15) is 37.7 Å². The van der Waals surface area contributed by atoms with E-state index >= 15 is 0 Å². The highest BCUT2D eigenvalue weighted by Crippen LogP contribution is 2.49. The van der Waals surface area contributed by atoms with Crippen LogP contribution in [0.5, 0.6) is 0 Å². The van der Waals surface area contributed by atoms with E-state index in [4.69, 9.17) is 11.6 Å². The SMILES string of the molecule is CS(=O)(=O)CC(=O)CC1CCC(c2cc(F)ccc2F)(S(=O)(=O)c2ccc(Cl)cc2)CC1. The Labute approximate surface area is 191 Å². The standard InChI is InChI=1S/C22H23ClF2O5S2/c1-31(27,28)14-18(26)12-15-8-10-22(11-9-15,20-13-17(24)4-7-21(20)25)32(29,30)19-5-2-16(23)3-6-19/h2-7,13,15H,8-12,14H2,1H3. The van der Waals surface area contributed by atoms with E-state index in [0.29, 0.717) is 5.02 Å². The minimum Gasteiger partial charge on any atom is -0.299 e. The molecule has 0 aromatic heterocycles. The van der Waals surface area contributed by atoms with Crippen molar-refractivity contribution in [2.45, 2.75) is 41.7 Å². The normalized spacial score (nSPS) is 21.9. The molecule has 0 aliphatic heterocycles. The lowest BCUT2D eigenvalue weighted by Crippen LogP contribution is -2.41. The first kappa shape index (κ1) is 24.8. The van der Waals surface area contributed by atoms with Gasteiger partial charge in [-0.25, -0.2) is 25.6 Å². The fourth-order valence-electron chi connectivity index (χ4n) is 4.39. The van der Waals surface area contributed by atoms with Crippen molar-refractivity contribution >= 4 is 37.1 Å². The van der Waals surface area contributed by atoms with Crippen LogP contribution < -0.4 is 0 Å². The van der Waals surface area contributed by atoms with Crippen molar-refractivity contribution in [2.75, 3.05) is 12.0 Å². The van der Waals surface area contributed by atoms with Gasteiger partial charge in [0, 0.05) is 23.3 Å². The van der Waals surface area contributed by atoms with Crippen LogP contribution in [-0.2, 0) is 29.2 Å². The third-order valence-electron chi connectivity index (χ3n) is 5.91. The van der Waals surface area contributed by atoms with E-state index in [2.05, 4.69) is 0 Å². The van der Waals surface area contributed by atoms with Gasteiger partial charge in [0.25, 0.3) is 0 Å². The summed E-state index contributed by atoms with van der Waals surface area (Å²) in [5.41, 5.74) is -0.242. The lowest BCUT2D eigenvalue weighted by Gasteiger charge is -2.40. The van der Waals surface area contributed by atoms with Crippen LogP contribution in [0.4, 0.5) is 8.78 Å². The van der Waals surface area contributed by atoms with E-state index in [0.717, 1.165) is 24.5 Å². The molecule has 174 valence electrons. The first-order valence-electron chi connectivity index (χ1n) is 9.99. The van der Waals surface area contributed by atoms with Gasteiger partial charge in [0.15, 0.2) is 19.7 Å². The molecule has 3 rings (SSSR count). The van der Waals surface area contributed by atoms with Gasteiger partial charge in [-0.1, -0.05) is 11.6 Å². The minimum absolute atomic E-state index is 0.00419. The second kappa shape index (κ2) is 9.19. The summed E-state index contributed by atoms with van der Waals surface area (Å²) in [5, 5.41) is 0.336. The molecule has 0 radical (unpaired) electrons. The van der Waals surface area contributed by atoms with E-state index < -0.39 is 47.6 Å². The third-order valence-corrected chi connectivity index (χ3v) is 9.56. The molecule has 0 amide bonds. The molecule has 0 heterocycles. The fourth-order valence-corrected chi connectivity index (χ4v) is 7.38. The number of hydrogen-bond donors (Lipinski definition) is 0. The topological polar surface area (TPSA) is 85.3 Å². The molecule has 0 saturated heterocycles. The predicted molar refractivity (Wildman–Crippen MR) is 118 cm³/mol. The van der Waals surface area contributed by atoms with Crippen LogP contribution in [0.25, 0.3) is 0 Å². The molecule has 2 aromatic rings. The summed E-state index contributed by atoms with van der Waals surface area (Å²) in [6.07, 6.45) is 1.40. The second-order valence-corrected chi connectivity index (χ2v) is 13.2. The highest BCUT2D eigenvalue weighted by atomic mass is 35.5. The molecule has 32 heavy (non-hydrogen) atoms. The molecule has 2 aromatic carbocycles. The summed E-state index contributed by atoms with van der Waals surface area (Å²) in [5.74, 6) is -2.83. The van der Waals surface area contributed by atoms with E-state index in [1.807, 2.05) is 0 Å². The molecule has 0 bridgehead atoms. The van der Waals surface area contributed by atoms with Crippen molar-refractivity contribution in [2.24, 2.45) is 5.92 Å². The lowest BCUT2D eigenvalue weighted by molar-refractivity contribution is -0.117. The number of Topliss-reactive ketones (excluding diaryl/α,β-unsaturated/α-hetero) is 1. The molecule has 0 N–H and O–H groups in total. The lowest BCUT2D eigenvalue weighted by atomic mass is 9.76. The van der Waals surface area contributed by atoms with Crippen molar-refractivity contribution in [1.29, 1.82) is 0 Å². The van der Waals surface area contributed by atoms with Crippen molar-refractivity contribution < 1.29 is 30.4 Å². The molecule has 1 aliphatic rings.